The summed E-state index contributed by atoms with van der Waals surface area (Å²) < 4.78 is 31.1. The second-order valence-corrected chi connectivity index (χ2v) is 6.33. The van der Waals surface area contributed by atoms with Crippen LogP contribution in [0.25, 0.3) is 0 Å². The highest BCUT2D eigenvalue weighted by Gasteiger charge is 2.28. The monoisotopic (exact) mass is 368 g/mol. The number of rotatable bonds is 4. The summed E-state index contributed by atoms with van der Waals surface area (Å²) in [5, 5.41) is 7.03. The molecule has 2 heterocycles. The van der Waals surface area contributed by atoms with Crippen molar-refractivity contribution in [3.63, 3.8) is 0 Å². The molecule has 1 aromatic carbocycles. The van der Waals surface area contributed by atoms with Crippen molar-refractivity contribution in [1.29, 1.82) is 0 Å². The molecule has 1 aromatic heterocycles. The molecule has 1 fully saturated rings. The number of piperidine rings is 1. The Hall–Kier alpha value is -2.29. The average Bonchev–Trinajstić information content (AvgIpc) is 2.94. The predicted molar refractivity (Wildman–Crippen MR) is 89.3 cm³/mol. The third-order valence-corrected chi connectivity index (χ3v) is 4.68. The van der Waals surface area contributed by atoms with Gasteiger partial charge in [0.15, 0.2) is 4.77 Å². The number of alkyl halides is 2. The summed E-state index contributed by atoms with van der Waals surface area (Å²) in [5.41, 5.74) is 0.442. The summed E-state index contributed by atoms with van der Waals surface area (Å²) in [6, 6.07) is 5.75. The van der Waals surface area contributed by atoms with Gasteiger partial charge in [0, 0.05) is 31.6 Å². The van der Waals surface area contributed by atoms with Crippen molar-refractivity contribution in [1.82, 2.24) is 19.7 Å². The number of hydrogen-bond donors (Lipinski definition) is 1. The van der Waals surface area contributed by atoms with Gasteiger partial charge in [-0.3, -0.25) is 9.89 Å². The second-order valence-electron chi connectivity index (χ2n) is 5.94. The quantitative estimate of drug-likeness (QED) is 0.843. The number of nitrogens with one attached hydrogen (secondary N) is 1. The van der Waals surface area contributed by atoms with E-state index >= 15 is 0 Å². The highest BCUT2D eigenvalue weighted by molar-refractivity contribution is 7.71. The second kappa shape index (κ2) is 7.30. The molecular weight excluding hydrogens is 350 g/mol. The van der Waals surface area contributed by atoms with E-state index in [2.05, 4.69) is 14.9 Å². The van der Waals surface area contributed by atoms with Crippen LogP contribution in [0.2, 0.25) is 0 Å². The lowest BCUT2D eigenvalue weighted by molar-refractivity contribution is -0.0498. The van der Waals surface area contributed by atoms with Crippen LogP contribution in [0, 0.1) is 4.77 Å². The highest BCUT2D eigenvalue weighted by atomic mass is 32.1. The number of likely N-dealkylation sites (tertiary alicyclic amines) is 1. The normalized spacial score (nSPS) is 17.8. The Kier molecular flexibility index (Phi) is 5.12. The van der Waals surface area contributed by atoms with Crippen LogP contribution < -0.4 is 4.74 Å². The van der Waals surface area contributed by atoms with Gasteiger partial charge in [0.2, 0.25) is 0 Å². The van der Waals surface area contributed by atoms with Gasteiger partial charge in [0.1, 0.15) is 11.6 Å². The van der Waals surface area contributed by atoms with Crippen LogP contribution in [0.15, 0.2) is 24.3 Å². The topological polar surface area (TPSA) is 63.1 Å². The summed E-state index contributed by atoms with van der Waals surface area (Å²) in [7, 11) is 1.85. The molecule has 1 unspecified atom stereocenters. The third kappa shape index (κ3) is 3.87. The van der Waals surface area contributed by atoms with Gasteiger partial charge in [-0.25, -0.2) is 0 Å². The number of hydrogen-bond acceptors (Lipinski definition) is 4. The van der Waals surface area contributed by atoms with Crippen LogP contribution in [0.5, 0.6) is 5.75 Å². The third-order valence-electron chi connectivity index (χ3n) is 4.31. The first-order valence-electron chi connectivity index (χ1n) is 7.91. The van der Waals surface area contributed by atoms with E-state index in [0.717, 1.165) is 18.7 Å². The Bertz CT molecular complexity index is 803. The molecule has 0 bridgehead atoms. The van der Waals surface area contributed by atoms with E-state index < -0.39 is 6.61 Å². The molecular formula is C16H18F2N4O2S. The average molecular weight is 368 g/mol. The van der Waals surface area contributed by atoms with Crippen molar-refractivity contribution in [2.75, 3.05) is 13.1 Å². The zero-order valence-corrected chi connectivity index (χ0v) is 14.4. The molecule has 1 saturated heterocycles. The van der Waals surface area contributed by atoms with Crippen LogP contribution in [-0.4, -0.2) is 45.3 Å². The number of halogens is 2. The molecule has 134 valence electrons. The van der Waals surface area contributed by atoms with Crippen molar-refractivity contribution in [2.24, 2.45) is 7.05 Å². The summed E-state index contributed by atoms with van der Waals surface area (Å²) >= 11 is 5.14. The molecule has 9 heteroatoms. The minimum absolute atomic E-state index is 0.0320. The smallest absolute Gasteiger partial charge is 0.387 e. The zero-order valence-electron chi connectivity index (χ0n) is 13.6. The molecule has 1 aliphatic heterocycles. The standard InChI is InChI=1S/C16H18F2N4O2S/c1-21-13(19-20-16(21)25)11-3-2-8-22(9-11)14(23)10-4-6-12(7-5-10)24-15(17)18/h4-7,11,15H,2-3,8-9H2,1H3,(H,20,25). The Morgan fingerprint density at radius 3 is 2.72 bits per heavy atom. The van der Waals surface area contributed by atoms with Crippen LogP contribution in [0.4, 0.5) is 8.78 Å². The lowest BCUT2D eigenvalue weighted by Gasteiger charge is -2.32. The molecule has 1 aliphatic rings. The molecule has 2 aromatic rings. The highest BCUT2D eigenvalue weighted by Crippen LogP contribution is 2.26. The van der Waals surface area contributed by atoms with Crippen molar-refractivity contribution >= 4 is 18.1 Å². The van der Waals surface area contributed by atoms with Gasteiger partial charge >= 0.3 is 6.61 Å². The largest absolute Gasteiger partial charge is 0.435 e. The first-order valence-corrected chi connectivity index (χ1v) is 8.32. The van der Waals surface area contributed by atoms with E-state index in [1.807, 2.05) is 11.6 Å². The molecule has 0 aliphatic carbocycles. The fourth-order valence-electron chi connectivity index (χ4n) is 3.06. The molecule has 3 rings (SSSR count). The fraction of sp³-hybridized carbons (Fsp3) is 0.438. The number of aromatic amines is 1. The van der Waals surface area contributed by atoms with Crippen LogP contribution in [-0.2, 0) is 7.05 Å². The summed E-state index contributed by atoms with van der Waals surface area (Å²) in [6.07, 6.45) is 1.79. The van der Waals surface area contributed by atoms with Crippen LogP contribution in [0.3, 0.4) is 0 Å². The number of aromatic nitrogens is 3. The number of nitrogens with zero attached hydrogens (tertiary/aromatic N) is 3. The van der Waals surface area contributed by atoms with Gasteiger partial charge in [0.05, 0.1) is 0 Å². The number of ether oxygens (including phenoxy) is 1. The Morgan fingerprint density at radius 2 is 2.12 bits per heavy atom. The van der Waals surface area contributed by atoms with E-state index in [4.69, 9.17) is 12.2 Å². The van der Waals surface area contributed by atoms with Gasteiger partial charge in [-0.15, -0.1) is 0 Å². The SMILES string of the molecule is Cn1c(C2CCCN(C(=O)c3ccc(OC(F)F)cc3)C2)n[nH]c1=S. The number of H-pyrrole nitrogens is 1. The van der Waals surface area contributed by atoms with Crippen molar-refractivity contribution < 1.29 is 18.3 Å². The van der Waals surface area contributed by atoms with Gasteiger partial charge in [-0.2, -0.15) is 13.9 Å². The first-order chi connectivity index (χ1) is 12.0. The molecule has 0 spiro atoms. The van der Waals surface area contributed by atoms with E-state index in [0.29, 0.717) is 23.4 Å². The van der Waals surface area contributed by atoms with Crippen LogP contribution in [0.1, 0.15) is 34.9 Å². The van der Waals surface area contributed by atoms with Crippen molar-refractivity contribution in [2.45, 2.75) is 25.4 Å². The molecule has 6 nitrogen and oxygen atoms in total. The number of amides is 1. The Balaban J connectivity index is 1.71. The maximum atomic E-state index is 12.7. The summed E-state index contributed by atoms with van der Waals surface area (Å²) in [6.45, 7) is -1.69. The maximum absolute atomic E-state index is 12.7. The van der Waals surface area contributed by atoms with Crippen molar-refractivity contribution in [3.8, 4) is 5.75 Å². The Labute approximate surface area is 148 Å². The van der Waals surface area contributed by atoms with E-state index in [1.165, 1.54) is 24.3 Å². The minimum Gasteiger partial charge on any atom is -0.435 e. The molecule has 25 heavy (non-hydrogen) atoms. The van der Waals surface area contributed by atoms with Gasteiger partial charge in [-0.05, 0) is 49.3 Å². The van der Waals surface area contributed by atoms with E-state index in [1.54, 1.807) is 4.90 Å². The van der Waals surface area contributed by atoms with Crippen LogP contribution >= 0.6 is 12.2 Å². The van der Waals surface area contributed by atoms with Gasteiger partial charge in [-0.1, -0.05) is 0 Å². The van der Waals surface area contributed by atoms with E-state index in [-0.39, 0.29) is 17.6 Å². The van der Waals surface area contributed by atoms with Gasteiger partial charge < -0.3 is 14.2 Å². The molecule has 0 saturated carbocycles. The Morgan fingerprint density at radius 1 is 1.40 bits per heavy atom. The fourth-order valence-corrected chi connectivity index (χ4v) is 3.20. The molecule has 1 amide bonds. The van der Waals surface area contributed by atoms with E-state index in [9.17, 15) is 13.6 Å². The number of benzene rings is 1. The zero-order chi connectivity index (χ0) is 18.0. The lowest BCUT2D eigenvalue weighted by atomic mass is 9.96. The summed E-state index contributed by atoms with van der Waals surface area (Å²) in [4.78, 5) is 14.4. The maximum Gasteiger partial charge on any atom is 0.387 e. The van der Waals surface area contributed by atoms with Crippen molar-refractivity contribution in [3.05, 3.63) is 40.4 Å². The van der Waals surface area contributed by atoms with Gasteiger partial charge in [0.25, 0.3) is 5.91 Å². The molecule has 1 atom stereocenters. The lowest BCUT2D eigenvalue weighted by Crippen LogP contribution is -2.39. The summed E-state index contributed by atoms with van der Waals surface area (Å²) in [5.74, 6) is 0.843. The molecule has 0 radical (unpaired) electrons. The molecule has 1 N–H and O–H groups in total. The number of carbonyl (C=O) groups is 1. The predicted octanol–water partition coefficient (Wildman–Crippen LogP) is 3.10. The first kappa shape index (κ1) is 17.5. The number of carbonyl (C=O) groups excluding carboxylic acids is 1. The minimum atomic E-state index is -2.88.